The van der Waals surface area contributed by atoms with Crippen molar-refractivity contribution in [3.8, 4) is 5.75 Å². The van der Waals surface area contributed by atoms with E-state index < -0.39 is 0 Å². The van der Waals surface area contributed by atoms with E-state index in [4.69, 9.17) is 4.74 Å². The summed E-state index contributed by atoms with van der Waals surface area (Å²) in [6, 6.07) is 1.54. The summed E-state index contributed by atoms with van der Waals surface area (Å²) in [4.78, 5) is 17.6. The van der Waals surface area contributed by atoms with Crippen molar-refractivity contribution in [2.45, 2.75) is 18.9 Å². The normalized spacial score (nSPS) is 20.3. The Morgan fingerprint density at radius 1 is 1.65 bits per heavy atom. The summed E-state index contributed by atoms with van der Waals surface area (Å²) in [5.74, 6) is -0.233. The molecule has 0 saturated carbocycles. The van der Waals surface area contributed by atoms with Crippen LogP contribution in [0.2, 0.25) is 0 Å². The van der Waals surface area contributed by atoms with Crippen LogP contribution in [0.4, 0.5) is 0 Å². The fourth-order valence-electron chi connectivity index (χ4n) is 2.05. The predicted octanol–water partition coefficient (Wildman–Crippen LogP) is 1.04. The van der Waals surface area contributed by atoms with Crippen molar-refractivity contribution in [3.63, 3.8) is 0 Å². The van der Waals surface area contributed by atoms with Crippen molar-refractivity contribution < 1.29 is 14.6 Å². The zero-order valence-corrected chi connectivity index (χ0v) is 9.80. The van der Waals surface area contributed by atoms with E-state index >= 15 is 0 Å². The minimum Gasteiger partial charge on any atom is -0.505 e. The van der Waals surface area contributed by atoms with E-state index in [9.17, 15) is 9.90 Å². The second-order valence-corrected chi connectivity index (χ2v) is 4.14. The van der Waals surface area contributed by atoms with Gasteiger partial charge in [-0.2, -0.15) is 0 Å². The molecule has 0 radical (unpaired) electrons. The second-order valence-electron chi connectivity index (χ2n) is 4.14. The number of ether oxygens (including phenoxy) is 1. The van der Waals surface area contributed by atoms with Crippen LogP contribution < -0.4 is 0 Å². The zero-order valence-electron chi connectivity index (χ0n) is 9.80. The largest absolute Gasteiger partial charge is 0.505 e. The lowest BCUT2D eigenvalue weighted by molar-refractivity contribution is 0.0267. The second kappa shape index (κ2) is 5.14. The Kier molecular flexibility index (Phi) is 3.58. The minimum atomic E-state index is -0.161. The van der Waals surface area contributed by atoms with E-state index in [1.807, 2.05) is 0 Å². The third-order valence-electron chi connectivity index (χ3n) is 3.03. The van der Waals surface area contributed by atoms with Crippen molar-refractivity contribution in [2.75, 3.05) is 20.2 Å². The lowest BCUT2D eigenvalue weighted by Gasteiger charge is -2.32. The van der Waals surface area contributed by atoms with Crippen LogP contribution >= 0.6 is 0 Å². The van der Waals surface area contributed by atoms with Crippen LogP contribution in [0, 0.1) is 0 Å². The molecule has 1 aliphatic rings. The average Bonchev–Trinajstić information content (AvgIpc) is 2.38. The molecule has 0 aliphatic carbocycles. The first-order valence-electron chi connectivity index (χ1n) is 5.67. The van der Waals surface area contributed by atoms with Gasteiger partial charge in [-0.3, -0.25) is 9.78 Å². The third kappa shape index (κ3) is 2.55. The lowest BCUT2D eigenvalue weighted by atomic mass is 10.1. The highest BCUT2D eigenvalue weighted by Gasteiger charge is 2.25. The van der Waals surface area contributed by atoms with Gasteiger partial charge in [0.05, 0.1) is 17.9 Å². The molecule has 2 rings (SSSR count). The number of rotatable bonds is 2. The van der Waals surface area contributed by atoms with E-state index in [-0.39, 0.29) is 17.8 Å². The molecule has 1 aromatic rings. The molecule has 1 unspecified atom stereocenters. The Morgan fingerprint density at radius 2 is 2.47 bits per heavy atom. The molecule has 0 bridgehead atoms. The van der Waals surface area contributed by atoms with Crippen LogP contribution in [0.5, 0.6) is 5.75 Å². The van der Waals surface area contributed by atoms with Gasteiger partial charge in [0.25, 0.3) is 5.91 Å². The number of likely N-dealkylation sites (tertiary alicyclic amines) is 1. The fraction of sp³-hybridized carbons (Fsp3) is 0.500. The molecule has 92 valence electrons. The number of amides is 1. The van der Waals surface area contributed by atoms with Crippen LogP contribution in [-0.2, 0) is 4.74 Å². The van der Waals surface area contributed by atoms with Crippen LogP contribution in [0.15, 0.2) is 18.5 Å². The summed E-state index contributed by atoms with van der Waals surface area (Å²) in [5.41, 5.74) is 0.303. The topological polar surface area (TPSA) is 62.7 Å². The number of hydrogen-bond donors (Lipinski definition) is 1. The molecule has 5 nitrogen and oxygen atoms in total. The van der Waals surface area contributed by atoms with Gasteiger partial charge in [-0.05, 0) is 18.9 Å². The molecule has 1 saturated heterocycles. The van der Waals surface area contributed by atoms with E-state index in [0.717, 1.165) is 12.8 Å². The maximum atomic E-state index is 12.2. The Hall–Kier alpha value is -1.62. The summed E-state index contributed by atoms with van der Waals surface area (Å²) in [6.07, 6.45) is 4.78. The fourth-order valence-corrected chi connectivity index (χ4v) is 2.05. The van der Waals surface area contributed by atoms with Crippen molar-refractivity contribution in [3.05, 3.63) is 24.0 Å². The highest BCUT2D eigenvalue weighted by molar-refractivity contribution is 5.96. The van der Waals surface area contributed by atoms with E-state index in [1.165, 1.54) is 18.5 Å². The molecule has 5 heteroatoms. The maximum Gasteiger partial charge on any atom is 0.257 e. The molecule has 1 aliphatic heterocycles. The highest BCUT2D eigenvalue weighted by Crippen LogP contribution is 2.20. The average molecular weight is 236 g/mol. The highest BCUT2D eigenvalue weighted by atomic mass is 16.5. The summed E-state index contributed by atoms with van der Waals surface area (Å²) in [6.45, 7) is 1.29. The van der Waals surface area contributed by atoms with Crippen LogP contribution in [0.25, 0.3) is 0 Å². The molecule has 1 atom stereocenters. The van der Waals surface area contributed by atoms with Gasteiger partial charge < -0.3 is 14.7 Å². The van der Waals surface area contributed by atoms with Crippen molar-refractivity contribution >= 4 is 5.91 Å². The van der Waals surface area contributed by atoms with Gasteiger partial charge in [-0.1, -0.05) is 0 Å². The summed E-state index contributed by atoms with van der Waals surface area (Å²) in [5, 5.41) is 9.59. The number of pyridine rings is 1. The maximum absolute atomic E-state index is 12.2. The molecular formula is C12H16N2O3. The monoisotopic (exact) mass is 236 g/mol. The lowest BCUT2D eigenvalue weighted by Crippen LogP contribution is -2.42. The Balaban J connectivity index is 2.12. The molecule has 0 spiro atoms. The molecule has 2 heterocycles. The molecular weight excluding hydrogens is 220 g/mol. The van der Waals surface area contributed by atoms with Crippen LogP contribution in [0.3, 0.4) is 0 Å². The van der Waals surface area contributed by atoms with Gasteiger partial charge in [0.15, 0.2) is 0 Å². The smallest absolute Gasteiger partial charge is 0.257 e. The van der Waals surface area contributed by atoms with Gasteiger partial charge in [-0.25, -0.2) is 0 Å². The van der Waals surface area contributed by atoms with Gasteiger partial charge in [0.2, 0.25) is 0 Å². The van der Waals surface area contributed by atoms with Crippen LogP contribution in [-0.4, -0.2) is 47.2 Å². The first kappa shape index (κ1) is 11.9. The van der Waals surface area contributed by atoms with Crippen molar-refractivity contribution in [1.82, 2.24) is 9.88 Å². The Bertz CT molecular complexity index is 408. The number of carbonyl (C=O) groups is 1. The number of nitrogens with zero attached hydrogens (tertiary/aromatic N) is 2. The summed E-state index contributed by atoms with van der Waals surface area (Å²) >= 11 is 0. The zero-order chi connectivity index (χ0) is 12.3. The first-order valence-corrected chi connectivity index (χ1v) is 5.67. The Morgan fingerprint density at radius 3 is 3.18 bits per heavy atom. The van der Waals surface area contributed by atoms with Gasteiger partial charge in [0.1, 0.15) is 5.75 Å². The van der Waals surface area contributed by atoms with E-state index in [2.05, 4.69) is 4.98 Å². The van der Waals surface area contributed by atoms with Crippen molar-refractivity contribution in [2.24, 2.45) is 0 Å². The number of aromatic nitrogens is 1. The molecule has 1 fully saturated rings. The first-order chi connectivity index (χ1) is 8.22. The Labute approximate surface area is 100 Å². The standard InChI is InChI=1S/C12H16N2O3/c1-17-9-3-2-6-14(8-9)12(16)10-4-5-13-7-11(10)15/h4-5,7,9,15H,2-3,6,8H2,1H3. The summed E-state index contributed by atoms with van der Waals surface area (Å²) < 4.78 is 5.27. The number of aromatic hydroxyl groups is 1. The van der Waals surface area contributed by atoms with E-state index in [0.29, 0.717) is 18.7 Å². The third-order valence-corrected chi connectivity index (χ3v) is 3.03. The number of carbonyl (C=O) groups excluding carboxylic acids is 1. The minimum absolute atomic E-state index is 0.0722. The predicted molar refractivity (Wildman–Crippen MR) is 61.8 cm³/mol. The summed E-state index contributed by atoms with van der Waals surface area (Å²) in [7, 11) is 1.66. The van der Waals surface area contributed by atoms with E-state index in [1.54, 1.807) is 12.0 Å². The van der Waals surface area contributed by atoms with Gasteiger partial charge >= 0.3 is 0 Å². The molecule has 1 amide bonds. The number of methoxy groups -OCH3 is 1. The van der Waals surface area contributed by atoms with Crippen molar-refractivity contribution in [1.29, 1.82) is 0 Å². The van der Waals surface area contributed by atoms with Gasteiger partial charge in [0, 0.05) is 26.4 Å². The quantitative estimate of drug-likeness (QED) is 0.833. The molecule has 1 aromatic heterocycles. The molecule has 1 N–H and O–H groups in total. The van der Waals surface area contributed by atoms with Gasteiger partial charge in [-0.15, -0.1) is 0 Å². The SMILES string of the molecule is COC1CCCN(C(=O)c2ccncc2O)C1. The number of hydrogen-bond acceptors (Lipinski definition) is 4. The molecule has 0 aromatic carbocycles. The molecule has 17 heavy (non-hydrogen) atoms. The number of piperidine rings is 1. The van der Waals surface area contributed by atoms with Crippen LogP contribution in [0.1, 0.15) is 23.2 Å².